The third-order valence-electron chi connectivity index (χ3n) is 4.12. The summed E-state index contributed by atoms with van der Waals surface area (Å²) in [7, 11) is 0. The molecule has 116 valence electrons. The molecular weight excluding hydrogens is 274 g/mol. The van der Waals surface area contributed by atoms with E-state index in [1.807, 2.05) is 10.9 Å². The van der Waals surface area contributed by atoms with Crippen molar-refractivity contribution in [1.82, 2.24) is 20.3 Å². The molecule has 1 aromatic heterocycles. The van der Waals surface area contributed by atoms with Crippen molar-refractivity contribution in [2.45, 2.75) is 37.5 Å². The summed E-state index contributed by atoms with van der Waals surface area (Å²) in [5.41, 5.74) is 5.83. The van der Waals surface area contributed by atoms with Crippen LogP contribution in [0.5, 0.6) is 0 Å². The van der Waals surface area contributed by atoms with E-state index in [9.17, 15) is 4.79 Å². The van der Waals surface area contributed by atoms with Crippen LogP contribution in [-0.2, 0) is 20.8 Å². The predicted octanol–water partition coefficient (Wildman–Crippen LogP) is -0.636. The highest BCUT2D eigenvalue weighted by Crippen LogP contribution is 2.37. The number of hydrogen-bond donors (Lipinski definition) is 2. The molecule has 3 N–H and O–H groups in total. The first-order valence-electron chi connectivity index (χ1n) is 7.30. The Morgan fingerprint density at radius 1 is 1.57 bits per heavy atom. The van der Waals surface area contributed by atoms with E-state index in [2.05, 4.69) is 15.6 Å². The Morgan fingerprint density at radius 2 is 2.48 bits per heavy atom. The van der Waals surface area contributed by atoms with Gasteiger partial charge in [-0.1, -0.05) is 5.21 Å². The van der Waals surface area contributed by atoms with Gasteiger partial charge >= 0.3 is 0 Å². The monoisotopic (exact) mass is 295 g/mol. The summed E-state index contributed by atoms with van der Waals surface area (Å²) < 4.78 is 13.3. The van der Waals surface area contributed by atoms with Gasteiger partial charge in [-0.25, -0.2) is 4.68 Å². The van der Waals surface area contributed by atoms with Crippen molar-refractivity contribution in [3.05, 3.63) is 11.9 Å². The quantitative estimate of drug-likeness (QED) is 0.766. The average Bonchev–Trinajstić information content (AvgIpc) is 3.15. The molecule has 8 heteroatoms. The summed E-state index contributed by atoms with van der Waals surface area (Å²) >= 11 is 0. The molecule has 1 spiro atoms. The summed E-state index contributed by atoms with van der Waals surface area (Å²) in [4.78, 5) is 11.1. The van der Waals surface area contributed by atoms with E-state index >= 15 is 0 Å². The van der Waals surface area contributed by atoms with Gasteiger partial charge in [0.05, 0.1) is 37.5 Å². The number of carbonyl (C=O) groups excluding carboxylic acids is 1. The van der Waals surface area contributed by atoms with Crippen LogP contribution in [0.2, 0.25) is 0 Å². The Bertz CT molecular complexity index is 498. The molecule has 0 aromatic carbocycles. The van der Waals surface area contributed by atoms with Gasteiger partial charge in [-0.3, -0.25) is 4.79 Å². The fourth-order valence-electron chi connectivity index (χ4n) is 2.93. The number of rotatable bonds is 4. The van der Waals surface area contributed by atoms with E-state index in [1.165, 1.54) is 0 Å². The first-order chi connectivity index (χ1) is 10.2. The molecule has 2 aliphatic heterocycles. The zero-order chi connectivity index (χ0) is 14.7. The van der Waals surface area contributed by atoms with Gasteiger partial charge in [-0.15, -0.1) is 5.10 Å². The Labute approximate surface area is 123 Å². The number of ether oxygens (including phenoxy) is 2. The van der Waals surface area contributed by atoms with Crippen molar-refractivity contribution in [2.75, 3.05) is 26.4 Å². The van der Waals surface area contributed by atoms with E-state index < -0.39 is 0 Å². The summed E-state index contributed by atoms with van der Waals surface area (Å²) in [5, 5.41) is 11.0. The second-order valence-corrected chi connectivity index (χ2v) is 5.65. The van der Waals surface area contributed by atoms with Crippen molar-refractivity contribution in [2.24, 2.45) is 5.73 Å². The lowest BCUT2D eigenvalue weighted by Crippen LogP contribution is -2.41. The summed E-state index contributed by atoms with van der Waals surface area (Å²) in [5.74, 6) is -0.197. The van der Waals surface area contributed by atoms with Crippen LogP contribution in [0.3, 0.4) is 0 Å². The van der Waals surface area contributed by atoms with E-state index in [-0.39, 0.29) is 24.1 Å². The van der Waals surface area contributed by atoms with E-state index in [4.69, 9.17) is 15.2 Å². The first kappa shape index (κ1) is 14.4. The van der Waals surface area contributed by atoms with Crippen LogP contribution >= 0.6 is 0 Å². The second-order valence-electron chi connectivity index (χ2n) is 5.65. The normalized spacial score (nSPS) is 28.9. The van der Waals surface area contributed by atoms with Crippen molar-refractivity contribution >= 4 is 5.91 Å². The second kappa shape index (κ2) is 6.08. The molecule has 0 saturated carbocycles. The van der Waals surface area contributed by atoms with Crippen LogP contribution in [0.25, 0.3) is 0 Å². The van der Waals surface area contributed by atoms with Gasteiger partial charge < -0.3 is 20.5 Å². The molecule has 2 atom stereocenters. The third kappa shape index (κ3) is 3.22. The Hall–Kier alpha value is -1.51. The Morgan fingerprint density at radius 3 is 3.24 bits per heavy atom. The molecule has 1 amide bonds. The average molecular weight is 295 g/mol. The van der Waals surface area contributed by atoms with E-state index in [1.54, 1.807) is 0 Å². The van der Waals surface area contributed by atoms with E-state index in [0.717, 1.165) is 31.6 Å². The lowest BCUT2D eigenvalue weighted by atomic mass is 9.90. The molecule has 0 bridgehead atoms. The highest BCUT2D eigenvalue weighted by molar-refractivity contribution is 5.77. The van der Waals surface area contributed by atoms with Crippen molar-refractivity contribution in [3.63, 3.8) is 0 Å². The van der Waals surface area contributed by atoms with Gasteiger partial charge in [-0.2, -0.15) is 0 Å². The number of aromatic nitrogens is 3. The Kier molecular flexibility index (Phi) is 4.18. The number of nitrogens with zero attached hydrogens (tertiary/aromatic N) is 3. The molecular formula is C13H21N5O3. The summed E-state index contributed by atoms with van der Waals surface area (Å²) in [6.45, 7) is 2.48. The maximum atomic E-state index is 11.1. The first-order valence-corrected chi connectivity index (χ1v) is 7.30. The minimum absolute atomic E-state index is 0.0172. The lowest BCUT2D eigenvalue weighted by molar-refractivity contribution is -0.119. The number of nitrogens with one attached hydrogen (secondary N) is 1. The maximum absolute atomic E-state index is 11.1. The number of hydrogen-bond acceptors (Lipinski definition) is 6. The molecule has 0 aliphatic carbocycles. The lowest BCUT2D eigenvalue weighted by Gasteiger charge is -2.36. The van der Waals surface area contributed by atoms with Crippen molar-refractivity contribution in [3.8, 4) is 0 Å². The molecule has 2 aliphatic rings. The minimum atomic E-state index is -0.197. The van der Waals surface area contributed by atoms with Crippen molar-refractivity contribution in [1.29, 1.82) is 0 Å². The zero-order valence-corrected chi connectivity index (χ0v) is 12.0. The van der Waals surface area contributed by atoms with Crippen molar-refractivity contribution < 1.29 is 14.3 Å². The number of nitrogens with two attached hydrogens (primary N) is 1. The zero-order valence-electron chi connectivity index (χ0n) is 12.0. The minimum Gasteiger partial charge on any atom is -0.378 e. The van der Waals surface area contributed by atoms with E-state index in [0.29, 0.717) is 19.8 Å². The molecule has 3 heterocycles. The highest BCUT2D eigenvalue weighted by Gasteiger charge is 2.41. The number of amides is 1. The molecule has 21 heavy (non-hydrogen) atoms. The van der Waals surface area contributed by atoms with Crippen LogP contribution in [0.4, 0.5) is 0 Å². The van der Waals surface area contributed by atoms with Gasteiger partial charge in [0.25, 0.3) is 0 Å². The van der Waals surface area contributed by atoms with Gasteiger partial charge in [0.15, 0.2) is 0 Å². The Balaban J connectivity index is 1.61. The van der Waals surface area contributed by atoms with Gasteiger partial charge in [-0.05, 0) is 6.42 Å². The maximum Gasteiger partial charge on any atom is 0.234 e. The molecule has 1 aromatic rings. The SMILES string of the molecule is NCC(=O)NCc1cn(C2CCOC3(CCOC3)C2)nn1. The fourth-order valence-corrected chi connectivity index (χ4v) is 2.93. The predicted molar refractivity (Wildman–Crippen MR) is 73.3 cm³/mol. The van der Waals surface area contributed by atoms with Crippen LogP contribution < -0.4 is 11.1 Å². The highest BCUT2D eigenvalue weighted by atomic mass is 16.6. The molecule has 3 rings (SSSR count). The largest absolute Gasteiger partial charge is 0.378 e. The van der Waals surface area contributed by atoms with Gasteiger partial charge in [0.2, 0.25) is 5.91 Å². The van der Waals surface area contributed by atoms with Crippen LogP contribution in [0.15, 0.2) is 6.20 Å². The molecule has 8 nitrogen and oxygen atoms in total. The smallest absolute Gasteiger partial charge is 0.234 e. The fraction of sp³-hybridized carbons (Fsp3) is 0.769. The van der Waals surface area contributed by atoms with Crippen LogP contribution in [-0.4, -0.2) is 52.9 Å². The molecule has 0 radical (unpaired) electrons. The molecule has 2 fully saturated rings. The molecule has 2 unspecified atom stereocenters. The van der Waals surface area contributed by atoms with Gasteiger partial charge in [0, 0.05) is 26.1 Å². The van der Waals surface area contributed by atoms with Crippen LogP contribution in [0, 0.1) is 0 Å². The topological polar surface area (TPSA) is 104 Å². The standard InChI is InChI=1S/C13H21N5O3/c14-6-12(19)15-7-10-8-18(17-16-10)11-1-3-21-13(5-11)2-4-20-9-13/h8,11H,1-7,9,14H2,(H,15,19). The third-order valence-corrected chi connectivity index (χ3v) is 4.12. The molecule has 2 saturated heterocycles. The summed E-state index contributed by atoms with van der Waals surface area (Å²) in [6, 6.07) is 0.270. The number of carbonyl (C=O) groups is 1. The van der Waals surface area contributed by atoms with Crippen LogP contribution in [0.1, 0.15) is 31.0 Å². The summed E-state index contributed by atoms with van der Waals surface area (Å²) in [6.07, 6.45) is 4.64. The van der Waals surface area contributed by atoms with Gasteiger partial charge in [0.1, 0.15) is 5.69 Å².